The lowest BCUT2D eigenvalue weighted by Crippen LogP contribution is -2.51. The Kier molecular flexibility index (Phi) is 4.55. The number of hydrogen-bond donors (Lipinski definition) is 1. The standard InChI is InChI=1S/C13H18N2O3S/c1-14(5-10-2-3-19-9-10)12(16)8-15-6-11(7-15)4-13(17)18/h2-3,9,11H,4-8H2,1H3,(H,17,18). The summed E-state index contributed by atoms with van der Waals surface area (Å²) in [5.41, 5.74) is 1.15. The van der Waals surface area contributed by atoms with Crippen LogP contribution in [0.3, 0.4) is 0 Å². The molecule has 6 heteroatoms. The van der Waals surface area contributed by atoms with Gasteiger partial charge in [-0.25, -0.2) is 0 Å². The molecule has 5 nitrogen and oxygen atoms in total. The molecular formula is C13H18N2O3S. The third-order valence-corrected chi connectivity index (χ3v) is 4.01. The second-order valence-corrected chi connectivity index (χ2v) is 5.82. The van der Waals surface area contributed by atoms with E-state index >= 15 is 0 Å². The van der Waals surface area contributed by atoms with Crippen molar-refractivity contribution in [2.75, 3.05) is 26.7 Å². The Morgan fingerprint density at radius 3 is 2.84 bits per heavy atom. The van der Waals surface area contributed by atoms with E-state index in [1.807, 2.05) is 21.7 Å². The topological polar surface area (TPSA) is 60.9 Å². The number of amides is 1. The van der Waals surface area contributed by atoms with Crippen LogP contribution in [0.4, 0.5) is 0 Å². The second-order valence-electron chi connectivity index (χ2n) is 5.04. The Hall–Kier alpha value is -1.40. The van der Waals surface area contributed by atoms with E-state index in [-0.39, 0.29) is 18.2 Å². The third kappa shape index (κ3) is 4.04. The summed E-state index contributed by atoms with van der Waals surface area (Å²) in [7, 11) is 1.80. The molecule has 1 N–H and O–H groups in total. The van der Waals surface area contributed by atoms with Gasteiger partial charge < -0.3 is 10.0 Å². The molecule has 0 atom stereocenters. The van der Waals surface area contributed by atoms with Crippen molar-refractivity contribution in [2.45, 2.75) is 13.0 Å². The van der Waals surface area contributed by atoms with Crippen LogP contribution in [0.15, 0.2) is 16.8 Å². The number of nitrogens with zero attached hydrogens (tertiary/aromatic N) is 2. The van der Waals surface area contributed by atoms with Crippen molar-refractivity contribution in [1.29, 1.82) is 0 Å². The maximum absolute atomic E-state index is 12.0. The molecule has 0 saturated carbocycles. The molecule has 1 aromatic rings. The Morgan fingerprint density at radius 2 is 2.26 bits per heavy atom. The first-order valence-corrected chi connectivity index (χ1v) is 7.18. The van der Waals surface area contributed by atoms with E-state index in [9.17, 15) is 9.59 Å². The zero-order chi connectivity index (χ0) is 13.8. The van der Waals surface area contributed by atoms with Gasteiger partial charge in [0.2, 0.25) is 5.91 Å². The first-order valence-electron chi connectivity index (χ1n) is 6.24. The van der Waals surface area contributed by atoms with Crippen molar-refractivity contribution in [1.82, 2.24) is 9.80 Å². The fourth-order valence-electron chi connectivity index (χ4n) is 2.24. The normalized spacial score (nSPS) is 16.1. The van der Waals surface area contributed by atoms with Crippen molar-refractivity contribution in [3.63, 3.8) is 0 Å². The van der Waals surface area contributed by atoms with Crippen LogP contribution >= 0.6 is 11.3 Å². The fourth-order valence-corrected chi connectivity index (χ4v) is 2.90. The summed E-state index contributed by atoms with van der Waals surface area (Å²) in [6.45, 7) is 2.44. The minimum Gasteiger partial charge on any atom is -0.481 e. The number of carboxylic acid groups (broad SMARTS) is 1. The molecule has 1 aliphatic heterocycles. The number of likely N-dealkylation sites (N-methyl/N-ethyl adjacent to an activating group) is 1. The van der Waals surface area contributed by atoms with E-state index in [0.29, 0.717) is 26.2 Å². The summed E-state index contributed by atoms with van der Waals surface area (Å²) in [5.74, 6) is -0.474. The molecule has 1 aromatic heterocycles. The maximum Gasteiger partial charge on any atom is 0.303 e. The lowest BCUT2D eigenvalue weighted by atomic mass is 9.96. The molecule has 1 aliphatic rings. The maximum atomic E-state index is 12.0. The van der Waals surface area contributed by atoms with E-state index in [4.69, 9.17) is 5.11 Å². The number of carbonyl (C=O) groups excluding carboxylic acids is 1. The van der Waals surface area contributed by atoms with Crippen LogP contribution in [0.5, 0.6) is 0 Å². The van der Waals surface area contributed by atoms with Gasteiger partial charge in [-0.2, -0.15) is 11.3 Å². The number of likely N-dealkylation sites (tertiary alicyclic amines) is 1. The van der Waals surface area contributed by atoms with Crippen molar-refractivity contribution in [3.8, 4) is 0 Å². The van der Waals surface area contributed by atoms with Crippen molar-refractivity contribution >= 4 is 23.2 Å². The molecule has 1 saturated heterocycles. The van der Waals surface area contributed by atoms with E-state index in [1.54, 1.807) is 23.3 Å². The second kappa shape index (κ2) is 6.16. The molecule has 104 valence electrons. The lowest BCUT2D eigenvalue weighted by molar-refractivity contribution is -0.140. The summed E-state index contributed by atoms with van der Waals surface area (Å²) in [4.78, 5) is 26.2. The predicted molar refractivity (Wildman–Crippen MR) is 73.0 cm³/mol. The predicted octanol–water partition coefficient (Wildman–Crippen LogP) is 1.11. The smallest absolute Gasteiger partial charge is 0.303 e. The molecule has 0 bridgehead atoms. The van der Waals surface area contributed by atoms with E-state index < -0.39 is 5.97 Å². The lowest BCUT2D eigenvalue weighted by Gasteiger charge is -2.38. The largest absolute Gasteiger partial charge is 0.481 e. The molecule has 0 spiro atoms. The van der Waals surface area contributed by atoms with Gasteiger partial charge in [-0.1, -0.05) is 0 Å². The van der Waals surface area contributed by atoms with Crippen molar-refractivity contribution in [2.24, 2.45) is 5.92 Å². The summed E-state index contributed by atoms with van der Waals surface area (Å²) in [6.07, 6.45) is 0.204. The van der Waals surface area contributed by atoms with Crippen molar-refractivity contribution in [3.05, 3.63) is 22.4 Å². The summed E-state index contributed by atoms with van der Waals surface area (Å²) in [6, 6.07) is 2.01. The zero-order valence-electron chi connectivity index (χ0n) is 10.9. The molecule has 19 heavy (non-hydrogen) atoms. The van der Waals surface area contributed by atoms with Gasteiger partial charge in [0, 0.05) is 26.7 Å². The Bertz CT molecular complexity index is 441. The highest BCUT2D eigenvalue weighted by Crippen LogP contribution is 2.18. The van der Waals surface area contributed by atoms with Crippen molar-refractivity contribution < 1.29 is 14.7 Å². The number of carboxylic acids is 1. The van der Waals surface area contributed by atoms with Crippen LogP contribution in [-0.4, -0.2) is 53.5 Å². The van der Waals surface area contributed by atoms with Gasteiger partial charge in [0.25, 0.3) is 0 Å². The molecule has 0 aromatic carbocycles. The molecule has 0 radical (unpaired) electrons. The first kappa shape index (κ1) is 14.0. The fraction of sp³-hybridized carbons (Fsp3) is 0.538. The van der Waals surface area contributed by atoms with Gasteiger partial charge in [0.05, 0.1) is 13.0 Å². The summed E-state index contributed by atoms with van der Waals surface area (Å²) >= 11 is 1.62. The summed E-state index contributed by atoms with van der Waals surface area (Å²) in [5, 5.41) is 12.7. The first-order chi connectivity index (χ1) is 9.04. The van der Waals surface area contributed by atoms with Gasteiger partial charge in [-0.15, -0.1) is 0 Å². The highest BCUT2D eigenvalue weighted by atomic mass is 32.1. The quantitative estimate of drug-likeness (QED) is 0.849. The molecular weight excluding hydrogens is 264 g/mol. The van der Waals surface area contributed by atoms with Crippen LogP contribution in [0.1, 0.15) is 12.0 Å². The average molecular weight is 282 g/mol. The van der Waals surface area contributed by atoms with Gasteiger partial charge in [-0.3, -0.25) is 14.5 Å². The third-order valence-electron chi connectivity index (χ3n) is 3.28. The Morgan fingerprint density at radius 1 is 1.53 bits per heavy atom. The SMILES string of the molecule is CN(Cc1ccsc1)C(=O)CN1CC(CC(=O)O)C1. The molecule has 0 aliphatic carbocycles. The van der Waals surface area contributed by atoms with E-state index in [2.05, 4.69) is 0 Å². The average Bonchev–Trinajstić information content (AvgIpc) is 2.78. The van der Waals surface area contributed by atoms with E-state index in [0.717, 1.165) is 5.56 Å². The number of hydrogen-bond acceptors (Lipinski definition) is 4. The Balaban J connectivity index is 1.69. The highest BCUT2D eigenvalue weighted by molar-refractivity contribution is 7.07. The minimum atomic E-state index is -0.759. The molecule has 2 rings (SSSR count). The van der Waals surface area contributed by atoms with Crippen LogP contribution in [-0.2, 0) is 16.1 Å². The highest BCUT2D eigenvalue weighted by Gasteiger charge is 2.30. The number of aliphatic carboxylic acids is 1. The van der Waals surface area contributed by atoms with E-state index in [1.165, 1.54) is 0 Å². The number of thiophene rings is 1. The van der Waals surface area contributed by atoms with Crippen LogP contribution in [0.2, 0.25) is 0 Å². The number of rotatable bonds is 6. The minimum absolute atomic E-state index is 0.0833. The molecule has 2 heterocycles. The molecule has 0 unspecified atom stereocenters. The Labute approximate surface area is 116 Å². The monoisotopic (exact) mass is 282 g/mol. The molecule has 1 fully saturated rings. The van der Waals surface area contributed by atoms with Crippen LogP contribution in [0, 0.1) is 5.92 Å². The zero-order valence-corrected chi connectivity index (χ0v) is 11.7. The number of carbonyl (C=O) groups is 2. The van der Waals surface area contributed by atoms with Gasteiger partial charge >= 0.3 is 5.97 Å². The van der Waals surface area contributed by atoms with Gasteiger partial charge in [-0.05, 0) is 28.3 Å². The van der Waals surface area contributed by atoms with Gasteiger partial charge in [0.1, 0.15) is 0 Å². The molecule has 1 amide bonds. The van der Waals surface area contributed by atoms with Crippen LogP contribution in [0.25, 0.3) is 0 Å². The van der Waals surface area contributed by atoms with Crippen LogP contribution < -0.4 is 0 Å². The summed E-state index contributed by atoms with van der Waals surface area (Å²) < 4.78 is 0. The van der Waals surface area contributed by atoms with Gasteiger partial charge in [0.15, 0.2) is 0 Å².